The summed E-state index contributed by atoms with van der Waals surface area (Å²) in [7, 11) is -5.80. The van der Waals surface area contributed by atoms with Gasteiger partial charge in [0.2, 0.25) is 0 Å². The van der Waals surface area contributed by atoms with E-state index >= 15 is 0 Å². The predicted molar refractivity (Wildman–Crippen MR) is 186 cm³/mol. The molecule has 0 aromatic heterocycles. The summed E-state index contributed by atoms with van der Waals surface area (Å²) in [6.45, 7) is 25.1. The Morgan fingerprint density at radius 1 is 0.615 bits per heavy atom. The van der Waals surface area contributed by atoms with Crippen LogP contribution in [0.15, 0.2) is 0 Å². The van der Waals surface area contributed by atoms with Crippen LogP contribution in [-0.4, -0.2) is 69.7 Å². The third-order valence-corrected chi connectivity index (χ3v) is 16.9. The number of hydrogen-bond acceptors (Lipinski definition) is 6. The molecule has 0 aromatic carbocycles. The third-order valence-electron chi connectivity index (χ3n) is 5.35. The first kappa shape index (κ1) is 55.4. The van der Waals surface area contributed by atoms with Crippen LogP contribution in [-0.2, 0) is 22.1 Å². The van der Waals surface area contributed by atoms with Gasteiger partial charge in [0.1, 0.15) is 0 Å². The summed E-state index contributed by atoms with van der Waals surface area (Å²) in [5.41, 5.74) is 0. The quantitative estimate of drug-likeness (QED) is 0.102. The highest BCUT2D eigenvalue weighted by molar-refractivity contribution is 6.86. The maximum Gasteiger partial charge on any atom is 0.326 e. The van der Waals surface area contributed by atoms with Gasteiger partial charge in [-0.05, 0) is 64.6 Å². The fraction of sp³-hybridized carbons (Fsp3) is 1.00. The van der Waals surface area contributed by atoms with Crippen molar-refractivity contribution < 1.29 is 27.2 Å². The van der Waals surface area contributed by atoms with E-state index in [1.165, 1.54) is 31.7 Å². The van der Waals surface area contributed by atoms with Crippen molar-refractivity contribution in [3.05, 3.63) is 0 Å². The highest BCUT2D eigenvalue weighted by Gasteiger charge is 2.42. The molecule has 248 valence electrons. The minimum atomic E-state index is -2.11. The molecule has 2 atom stereocenters. The Morgan fingerprint density at radius 2 is 1.10 bits per heavy atom. The minimum absolute atomic E-state index is 0. The van der Waals surface area contributed by atoms with Crippen LogP contribution in [0.2, 0.25) is 44.8 Å². The third kappa shape index (κ3) is 36.4. The van der Waals surface area contributed by atoms with Crippen LogP contribution in [0, 0.1) is 0 Å². The first-order valence-corrected chi connectivity index (χ1v) is 22.2. The molecule has 9 heteroatoms. The van der Waals surface area contributed by atoms with E-state index in [1.54, 1.807) is 0 Å². The van der Waals surface area contributed by atoms with Crippen LogP contribution in [0.3, 0.4) is 0 Å². The van der Waals surface area contributed by atoms with Crippen molar-refractivity contribution in [1.29, 1.82) is 0 Å². The second kappa shape index (κ2) is 32.9. The smallest absolute Gasteiger partial charge is 0.326 e. The van der Waals surface area contributed by atoms with Gasteiger partial charge in [0.25, 0.3) is 0 Å². The first-order valence-electron chi connectivity index (χ1n) is 13.8. The van der Waals surface area contributed by atoms with Crippen molar-refractivity contribution in [3.63, 3.8) is 0 Å². The molecule has 0 bridgehead atoms. The van der Waals surface area contributed by atoms with E-state index in [0.717, 1.165) is 38.5 Å². The number of aliphatic hydroxyl groups excluding tert-OH is 1. The second-order valence-electron chi connectivity index (χ2n) is 10.2. The highest BCUT2D eigenvalue weighted by atomic mass is 28.5. The van der Waals surface area contributed by atoms with Gasteiger partial charge in [0.15, 0.2) is 8.32 Å². The Morgan fingerprint density at radius 3 is 1.56 bits per heavy atom. The van der Waals surface area contributed by atoms with Crippen LogP contribution in [0.5, 0.6) is 0 Å². The van der Waals surface area contributed by atoms with Crippen molar-refractivity contribution in [2.75, 3.05) is 33.0 Å². The summed E-state index contributed by atoms with van der Waals surface area (Å²) in [5.74, 6) is 0. The number of aliphatic hydroxyl groups is 1. The average molecular weight is 621 g/mol. The molecule has 0 amide bonds. The predicted octanol–water partition coefficient (Wildman–Crippen LogP) is 10.4. The monoisotopic (exact) mass is 621 g/mol. The molecule has 0 aliphatic carbocycles. The van der Waals surface area contributed by atoms with E-state index in [9.17, 15) is 0 Å². The lowest BCUT2D eigenvalue weighted by atomic mass is 10.3. The van der Waals surface area contributed by atoms with Crippen LogP contribution >= 0.6 is 0 Å². The maximum absolute atomic E-state index is 9.13. The molecular weight excluding hydrogens is 541 g/mol. The summed E-state index contributed by atoms with van der Waals surface area (Å²) in [6.07, 6.45) is 7.58. The van der Waals surface area contributed by atoms with Crippen molar-refractivity contribution >= 4 is 25.4 Å². The number of hydrogen-bond donors (Lipinski definition) is 1. The maximum atomic E-state index is 9.13. The molecule has 0 rings (SSSR count). The zero-order valence-corrected chi connectivity index (χ0v) is 27.5. The SMILES string of the molecule is C.C.C.C.C.CCCCOCCOCC(O)CC.CCCC[Si](C)(C)O[Si](C)(C)O[Si](C)(CCCC)OCC. The number of ether oxygens (including phenoxy) is 2. The lowest BCUT2D eigenvalue weighted by molar-refractivity contribution is 0.00257. The normalized spacial score (nSPS) is 13.0. The van der Waals surface area contributed by atoms with Gasteiger partial charge < -0.3 is 27.2 Å². The molecular formula is C30H80O6Si3. The van der Waals surface area contributed by atoms with Gasteiger partial charge in [-0.15, -0.1) is 0 Å². The highest BCUT2D eigenvalue weighted by Crippen LogP contribution is 2.27. The lowest BCUT2D eigenvalue weighted by Gasteiger charge is -2.39. The van der Waals surface area contributed by atoms with Gasteiger partial charge >= 0.3 is 17.1 Å². The van der Waals surface area contributed by atoms with Crippen LogP contribution in [0.25, 0.3) is 0 Å². The fourth-order valence-electron chi connectivity index (χ4n) is 3.62. The summed E-state index contributed by atoms with van der Waals surface area (Å²) in [5, 5.41) is 9.13. The average Bonchev–Trinajstić information content (AvgIpc) is 2.75. The Hall–Kier alpha value is 0.411. The molecule has 0 aliphatic heterocycles. The molecule has 0 saturated heterocycles. The summed E-state index contributed by atoms with van der Waals surface area (Å²) in [4.78, 5) is 0. The molecule has 0 spiro atoms. The van der Waals surface area contributed by atoms with E-state index in [4.69, 9.17) is 27.2 Å². The zero-order valence-electron chi connectivity index (χ0n) is 24.5. The van der Waals surface area contributed by atoms with Crippen LogP contribution in [0.1, 0.15) is 117 Å². The summed E-state index contributed by atoms with van der Waals surface area (Å²) >= 11 is 0. The van der Waals surface area contributed by atoms with Gasteiger partial charge in [-0.25, -0.2) is 0 Å². The molecule has 39 heavy (non-hydrogen) atoms. The molecule has 6 nitrogen and oxygen atoms in total. The number of rotatable bonds is 21. The first-order chi connectivity index (χ1) is 15.9. The van der Waals surface area contributed by atoms with E-state index in [2.05, 4.69) is 60.4 Å². The fourth-order valence-corrected chi connectivity index (χ4v) is 17.7. The van der Waals surface area contributed by atoms with Crippen molar-refractivity contribution in [3.8, 4) is 0 Å². The summed E-state index contributed by atoms with van der Waals surface area (Å²) < 4.78 is 29.6. The second-order valence-corrected chi connectivity index (χ2v) is 21.7. The van der Waals surface area contributed by atoms with Crippen molar-refractivity contribution in [2.24, 2.45) is 0 Å². The standard InChI is InChI=1S/C15H38O3Si3.C10H22O3.5CH4/c1-9-12-14-19(4,5)17-20(6,7)18-21(8,16-11-3)15-13-10-2;1-3-5-6-12-7-8-13-9-10(11)4-2;;;;;/h9-15H2,1-8H3;10-11H,3-9H2,1-2H3;5*1H4. The topological polar surface area (TPSA) is 66.4 Å². The van der Waals surface area contributed by atoms with Gasteiger partial charge in [-0.2, -0.15) is 0 Å². The lowest BCUT2D eigenvalue weighted by Crippen LogP contribution is -2.54. The largest absolute Gasteiger partial charge is 0.436 e. The van der Waals surface area contributed by atoms with E-state index in [-0.39, 0.29) is 43.2 Å². The van der Waals surface area contributed by atoms with Gasteiger partial charge in [-0.3, -0.25) is 0 Å². The van der Waals surface area contributed by atoms with Gasteiger partial charge in [0, 0.05) is 13.2 Å². The molecule has 1 N–H and O–H groups in total. The van der Waals surface area contributed by atoms with Crippen molar-refractivity contribution in [1.82, 2.24) is 0 Å². The molecule has 0 heterocycles. The van der Waals surface area contributed by atoms with E-state index in [0.29, 0.717) is 19.8 Å². The zero-order chi connectivity index (χ0) is 26.5. The Labute approximate surface area is 252 Å². The van der Waals surface area contributed by atoms with Gasteiger partial charge in [0.05, 0.1) is 25.9 Å². The van der Waals surface area contributed by atoms with Crippen LogP contribution < -0.4 is 0 Å². The van der Waals surface area contributed by atoms with Crippen molar-refractivity contribution in [2.45, 2.75) is 168 Å². The Bertz CT molecular complexity index is 456. The molecule has 0 fully saturated rings. The molecule has 0 aromatic rings. The van der Waals surface area contributed by atoms with E-state index < -0.39 is 25.4 Å². The number of unbranched alkanes of at least 4 members (excludes halogenated alkanes) is 3. The molecule has 0 radical (unpaired) electrons. The Kier molecular flexibility index (Phi) is 46.7. The van der Waals surface area contributed by atoms with Crippen LogP contribution in [0.4, 0.5) is 0 Å². The Balaban J connectivity index is -0.000000101. The molecule has 0 saturated carbocycles. The molecule has 0 aliphatic rings. The van der Waals surface area contributed by atoms with E-state index in [1.807, 2.05) is 6.92 Å². The summed E-state index contributed by atoms with van der Waals surface area (Å²) in [6, 6.07) is 2.30. The minimum Gasteiger partial charge on any atom is -0.436 e. The molecule has 2 unspecified atom stereocenters. The van der Waals surface area contributed by atoms with Gasteiger partial charge in [-0.1, -0.05) is 96.9 Å².